The van der Waals surface area contributed by atoms with Crippen molar-refractivity contribution < 1.29 is 62.2 Å². The van der Waals surface area contributed by atoms with Gasteiger partial charge in [0.25, 0.3) is 0 Å². The van der Waals surface area contributed by atoms with E-state index in [-0.39, 0.29) is 99.6 Å². The van der Waals surface area contributed by atoms with Crippen LogP contribution in [-0.2, 0) is 30.3 Å². The quantitative estimate of drug-likeness (QED) is 0.150. The molecule has 2 unspecified atom stereocenters. The molecule has 0 aromatic heterocycles. The number of fused-ring (bicyclic) bond motifs is 4. The summed E-state index contributed by atoms with van der Waals surface area (Å²) in [7, 11) is 5.87. The molecule has 356 valence electrons. The summed E-state index contributed by atoms with van der Waals surface area (Å²) < 4.78 is 47.8. The Kier molecular flexibility index (Phi) is 12.4. The first-order chi connectivity index (χ1) is 32.6. The zero-order valence-electron chi connectivity index (χ0n) is 38.2. The molecule has 0 radical (unpaired) electrons. The second-order valence-corrected chi connectivity index (χ2v) is 19.3. The molecule has 13 nitrogen and oxygen atoms in total. The van der Waals surface area contributed by atoms with Gasteiger partial charge in [-0.1, -0.05) is 114 Å². The molecule has 2 spiro atoms. The molecule has 10 rings (SSSR count). The highest BCUT2D eigenvalue weighted by Crippen LogP contribution is 2.62. The smallest absolute Gasteiger partial charge is 0.231 e. The molecule has 0 bridgehead atoms. The largest absolute Gasteiger partial charge is 0.496 e. The molecule has 2 aliphatic carbocycles. The lowest BCUT2D eigenvalue weighted by molar-refractivity contribution is -0.120. The number of ether oxygens (including phenoxy) is 8. The summed E-state index contributed by atoms with van der Waals surface area (Å²) in [5.41, 5.74) is -1.73. The highest BCUT2D eigenvalue weighted by molar-refractivity contribution is 9.09. The van der Waals surface area contributed by atoms with Crippen LogP contribution in [0.5, 0.6) is 34.5 Å². The molecule has 4 aliphatic heterocycles. The third-order valence-electron chi connectivity index (χ3n) is 14.2. The van der Waals surface area contributed by atoms with Crippen LogP contribution in [0.4, 0.5) is 0 Å². The molecule has 16 heteroatoms. The maximum absolute atomic E-state index is 14.1. The van der Waals surface area contributed by atoms with Crippen LogP contribution in [0.1, 0.15) is 84.2 Å². The van der Waals surface area contributed by atoms with E-state index < -0.39 is 34.2 Å². The first-order valence-electron chi connectivity index (χ1n) is 22.2. The van der Waals surface area contributed by atoms with Gasteiger partial charge in [0.2, 0.25) is 22.8 Å². The van der Waals surface area contributed by atoms with Gasteiger partial charge >= 0.3 is 0 Å². The highest BCUT2D eigenvalue weighted by Gasteiger charge is 2.67. The van der Waals surface area contributed by atoms with Crippen molar-refractivity contribution in [3.63, 3.8) is 0 Å². The van der Waals surface area contributed by atoms with E-state index in [4.69, 9.17) is 61.1 Å². The van der Waals surface area contributed by atoms with E-state index >= 15 is 0 Å². The monoisotopic (exact) mass is 1030 g/mol. The van der Waals surface area contributed by atoms with Gasteiger partial charge in [-0.2, -0.15) is 0 Å². The van der Waals surface area contributed by atoms with Crippen molar-refractivity contribution in [3.8, 4) is 34.5 Å². The van der Waals surface area contributed by atoms with Gasteiger partial charge in [0.1, 0.15) is 55.4 Å². The Balaban J connectivity index is 0.000000170. The van der Waals surface area contributed by atoms with Crippen LogP contribution in [-0.4, -0.2) is 79.8 Å². The Morgan fingerprint density at radius 1 is 0.603 bits per heavy atom. The number of benzene rings is 4. The lowest BCUT2D eigenvalue weighted by atomic mass is 9.72. The van der Waals surface area contributed by atoms with Crippen LogP contribution < -0.4 is 28.4 Å². The van der Waals surface area contributed by atoms with Crippen LogP contribution in [0.25, 0.3) is 0 Å². The van der Waals surface area contributed by atoms with E-state index in [2.05, 4.69) is 15.9 Å². The van der Waals surface area contributed by atoms with Crippen molar-refractivity contribution in [1.29, 1.82) is 0 Å². The summed E-state index contributed by atoms with van der Waals surface area (Å²) in [5, 5.41) is 10.9. The molecule has 4 heterocycles. The number of hydrogen-bond acceptors (Lipinski definition) is 13. The number of aliphatic hydroxyl groups is 1. The van der Waals surface area contributed by atoms with Crippen molar-refractivity contribution in [2.45, 2.75) is 74.8 Å². The van der Waals surface area contributed by atoms with E-state index in [0.29, 0.717) is 52.3 Å². The normalized spacial score (nSPS) is 27.4. The van der Waals surface area contributed by atoms with Crippen molar-refractivity contribution in [1.82, 2.24) is 0 Å². The number of carbonyl (C=O) groups excluding carboxylic acids is 4. The number of carbonyl (C=O) groups is 4. The molecule has 6 aliphatic rings. The summed E-state index contributed by atoms with van der Waals surface area (Å²) >= 11 is 16.7. The summed E-state index contributed by atoms with van der Waals surface area (Å²) in [5.74, 6) is 0.251. The molecule has 0 saturated heterocycles. The Bertz CT molecular complexity index is 2640. The highest BCUT2D eigenvalue weighted by atomic mass is 79.9. The van der Waals surface area contributed by atoms with Crippen molar-refractivity contribution in [2.75, 3.05) is 40.4 Å². The third-order valence-corrected chi connectivity index (χ3v) is 15.3. The molecule has 6 atom stereocenters. The Hall–Kier alpha value is -5.54. The van der Waals surface area contributed by atoms with Gasteiger partial charge in [0.15, 0.2) is 34.6 Å². The van der Waals surface area contributed by atoms with Gasteiger partial charge in [0, 0.05) is 85.6 Å². The number of methoxy groups -OCH3 is 4. The van der Waals surface area contributed by atoms with Gasteiger partial charge in [-0.25, -0.2) is 0 Å². The van der Waals surface area contributed by atoms with Crippen LogP contribution in [0.2, 0.25) is 10.0 Å². The maximum atomic E-state index is 14.1. The molecule has 4 aromatic carbocycles. The Morgan fingerprint density at radius 2 is 0.985 bits per heavy atom. The number of alkyl halides is 1. The second kappa shape index (κ2) is 17.8. The Morgan fingerprint density at radius 3 is 1.34 bits per heavy atom. The standard InChI is InChI=1S/C26H24BrClO6.C26H25ClO7/c1-14-11-17(29)16-13-25(9-10-27,15-7-5-4-6-8-15)34-24(16)26(14)23(30)20-18(31-2)12-19(32-3)21(28)22(20)33-26;1-14-11-17(29)16-13-25(9-10-28,15-7-5-4-6-8-15)34-24(16)26(14)23(30)20-18(31-2)12-19(32-3)21(27)22(20)33-26/h4-8,12,14H,9-11,13H2,1-3H3;4-8,12,14,28H,9-11,13H2,1-3H3/t2*14-,25?,26-/m11/s1. The van der Waals surface area contributed by atoms with E-state index in [1.165, 1.54) is 28.4 Å². The number of aliphatic hydroxyl groups excluding tert-OH is 1. The first kappa shape index (κ1) is 47.5. The molecule has 1 N–H and O–H groups in total. The predicted molar refractivity (Wildman–Crippen MR) is 254 cm³/mol. The summed E-state index contributed by atoms with van der Waals surface area (Å²) in [6.45, 7) is 3.47. The minimum Gasteiger partial charge on any atom is -0.496 e. The van der Waals surface area contributed by atoms with Crippen LogP contribution >= 0.6 is 39.1 Å². The topological polar surface area (TPSA) is 162 Å². The third kappa shape index (κ3) is 6.86. The van der Waals surface area contributed by atoms with Crippen LogP contribution in [0.15, 0.2) is 95.5 Å². The fraction of sp³-hybridized carbons (Fsp3) is 0.385. The van der Waals surface area contributed by atoms with E-state index in [1.54, 1.807) is 19.1 Å². The van der Waals surface area contributed by atoms with Gasteiger partial charge in [0.05, 0.1) is 28.4 Å². The molecule has 4 aromatic rings. The molecule has 68 heavy (non-hydrogen) atoms. The van der Waals surface area contributed by atoms with Gasteiger partial charge in [-0.15, -0.1) is 0 Å². The van der Waals surface area contributed by atoms with Crippen LogP contribution in [0, 0.1) is 11.8 Å². The Labute approximate surface area is 411 Å². The number of Topliss-reactive ketones (excluding diaryl/α,β-unsaturated/α-hetero) is 4. The summed E-state index contributed by atoms with van der Waals surface area (Å²) in [6, 6.07) is 22.3. The van der Waals surface area contributed by atoms with E-state index in [9.17, 15) is 24.3 Å². The van der Waals surface area contributed by atoms with Gasteiger partial charge in [-0.05, 0) is 11.1 Å². The molecule has 0 amide bonds. The van der Waals surface area contributed by atoms with Crippen LogP contribution in [0.3, 0.4) is 0 Å². The second-order valence-electron chi connectivity index (χ2n) is 17.8. The lowest BCUT2D eigenvalue weighted by Crippen LogP contribution is -2.52. The van der Waals surface area contributed by atoms with Gasteiger partial charge < -0.3 is 43.0 Å². The van der Waals surface area contributed by atoms with Crippen molar-refractivity contribution in [3.05, 3.63) is 128 Å². The molecular formula is C52H49BrCl2O13. The van der Waals surface area contributed by atoms with E-state index in [1.807, 2.05) is 67.6 Å². The zero-order chi connectivity index (χ0) is 48.5. The average molecular weight is 1030 g/mol. The fourth-order valence-electron chi connectivity index (χ4n) is 10.8. The molecular weight excluding hydrogens is 983 g/mol. The minimum atomic E-state index is -1.57. The zero-order valence-corrected chi connectivity index (χ0v) is 41.3. The lowest BCUT2D eigenvalue weighted by Gasteiger charge is -2.38. The number of ketones is 4. The minimum absolute atomic E-state index is 0.0245. The number of halogens is 3. The number of rotatable bonds is 10. The molecule has 0 saturated carbocycles. The fourth-order valence-corrected chi connectivity index (χ4v) is 11.9. The SMILES string of the molecule is COc1cc(OC)c2c(c1Cl)O[C@]1(C2=O)C2=C(CC(CCBr)(c3ccccc3)O2)C(=O)C[C@H]1C.COc1cc(OC)c2c(c1Cl)O[C@]1(C2=O)C2=C(CC(CCO)(c3ccccc3)O2)C(=O)C[C@H]1C. The van der Waals surface area contributed by atoms with Crippen molar-refractivity contribution in [2.24, 2.45) is 11.8 Å². The summed E-state index contributed by atoms with van der Waals surface area (Å²) in [6.07, 6.45) is 1.75. The maximum Gasteiger partial charge on any atom is 0.231 e. The van der Waals surface area contributed by atoms with Crippen molar-refractivity contribution >= 4 is 62.3 Å². The number of hydrogen-bond donors (Lipinski definition) is 1. The van der Waals surface area contributed by atoms with E-state index in [0.717, 1.165) is 11.1 Å². The molecule has 0 fully saturated rings. The predicted octanol–water partition coefficient (Wildman–Crippen LogP) is 9.87. The average Bonchev–Trinajstić information content (AvgIpc) is 4.11. The summed E-state index contributed by atoms with van der Waals surface area (Å²) in [4.78, 5) is 54.6. The van der Waals surface area contributed by atoms with Gasteiger partial charge in [-0.3, -0.25) is 19.2 Å². The first-order valence-corrected chi connectivity index (χ1v) is 24.1.